The summed E-state index contributed by atoms with van der Waals surface area (Å²) in [4.78, 5) is 11.5. The van der Waals surface area contributed by atoms with Gasteiger partial charge in [-0.25, -0.2) is 0 Å². The van der Waals surface area contributed by atoms with Gasteiger partial charge in [-0.2, -0.15) is 0 Å². The molecule has 0 aromatic heterocycles. The van der Waals surface area contributed by atoms with Gasteiger partial charge in [-0.05, 0) is 48.2 Å². The van der Waals surface area contributed by atoms with Crippen molar-refractivity contribution in [1.82, 2.24) is 0 Å². The SMILES string of the molecule is Cc1ccc(S(=O)Cc2ccc(CC(=O)O)cc2)cc1C. The topological polar surface area (TPSA) is 54.4 Å². The summed E-state index contributed by atoms with van der Waals surface area (Å²) in [6, 6.07) is 13.1. The molecule has 0 spiro atoms. The molecule has 1 N–H and O–H groups in total. The predicted molar refractivity (Wildman–Crippen MR) is 83.8 cm³/mol. The van der Waals surface area contributed by atoms with Gasteiger partial charge in [-0.15, -0.1) is 0 Å². The Hall–Kier alpha value is -1.94. The molecule has 2 aromatic carbocycles. The number of carbonyl (C=O) groups is 1. The van der Waals surface area contributed by atoms with Crippen molar-refractivity contribution in [1.29, 1.82) is 0 Å². The molecule has 1 unspecified atom stereocenters. The van der Waals surface area contributed by atoms with Gasteiger partial charge in [-0.1, -0.05) is 30.3 Å². The highest BCUT2D eigenvalue weighted by Gasteiger charge is 2.07. The van der Waals surface area contributed by atoms with E-state index in [2.05, 4.69) is 0 Å². The fraction of sp³-hybridized carbons (Fsp3) is 0.235. The molecule has 0 aliphatic heterocycles. The van der Waals surface area contributed by atoms with Gasteiger partial charge in [0.2, 0.25) is 0 Å². The zero-order chi connectivity index (χ0) is 15.4. The van der Waals surface area contributed by atoms with Crippen LogP contribution >= 0.6 is 0 Å². The molecule has 0 saturated carbocycles. The van der Waals surface area contributed by atoms with E-state index in [1.54, 1.807) is 12.1 Å². The number of hydrogen-bond donors (Lipinski definition) is 1. The third-order valence-electron chi connectivity index (χ3n) is 3.42. The fourth-order valence-corrected chi connectivity index (χ4v) is 3.21. The monoisotopic (exact) mass is 302 g/mol. The normalized spacial score (nSPS) is 12.1. The first-order valence-electron chi connectivity index (χ1n) is 6.71. The van der Waals surface area contributed by atoms with E-state index >= 15 is 0 Å². The van der Waals surface area contributed by atoms with E-state index in [0.717, 1.165) is 21.6 Å². The first kappa shape index (κ1) is 15.4. The standard InChI is InChI=1S/C17H18O3S/c1-12-3-8-16(9-13(12)2)21(20)11-15-6-4-14(5-7-15)10-17(18)19/h3-9H,10-11H2,1-2H3,(H,18,19). The third-order valence-corrected chi connectivity index (χ3v) is 4.79. The average molecular weight is 302 g/mol. The number of aliphatic carboxylic acids is 1. The van der Waals surface area contributed by atoms with Crippen molar-refractivity contribution in [3.8, 4) is 0 Å². The molecule has 0 bridgehead atoms. The molecule has 0 fully saturated rings. The van der Waals surface area contributed by atoms with Crippen molar-refractivity contribution >= 4 is 16.8 Å². The van der Waals surface area contributed by atoms with E-state index in [0.29, 0.717) is 5.75 Å². The molecule has 0 amide bonds. The summed E-state index contributed by atoms with van der Waals surface area (Å²) in [7, 11) is -1.09. The maximum Gasteiger partial charge on any atom is 0.307 e. The maximum absolute atomic E-state index is 12.4. The Morgan fingerprint density at radius 2 is 1.62 bits per heavy atom. The van der Waals surface area contributed by atoms with Gasteiger partial charge in [-0.3, -0.25) is 9.00 Å². The first-order valence-corrected chi connectivity index (χ1v) is 8.03. The third kappa shape index (κ3) is 4.26. The Morgan fingerprint density at radius 3 is 2.19 bits per heavy atom. The number of benzene rings is 2. The summed E-state index contributed by atoms with van der Waals surface area (Å²) in [6.07, 6.45) is 0.0144. The Kier molecular flexibility index (Phi) is 4.91. The van der Waals surface area contributed by atoms with E-state index in [1.165, 1.54) is 5.56 Å². The second-order valence-electron chi connectivity index (χ2n) is 5.12. The van der Waals surface area contributed by atoms with Crippen LogP contribution in [0.25, 0.3) is 0 Å². The van der Waals surface area contributed by atoms with Crippen LogP contribution in [0.2, 0.25) is 0 Å². The van der Waals surface area contributed by atoms with Crippen molar-refractivity contribution < 1.29 is 14.1 Å². The molecular weight excluding hydrogens is 284 g/mol. The Morgan fingerprint density at radius 1 is 1.00 bits per heavy atom. The quantitative estimate of drug-likeness (QED) is 0.922. The minimum atomic E-state index is -1.09. The molecule has 21 heavy (non-hydrogen) atoms. The van der Waals surface area contributed by atoms with Crippen molar-refractivity contribution in [2.24, 2.45) is 0 Å². The van der Waals surface area contributed by atoms with Crippen LogP contribution in [0.1, 0.15) is 22.3 Å². The minimum absolute atomic E-state index is 0.0144. The molecule has 2 rings (SSSR count). The lowest BCUT2D eigenvalue weighted by Gasteiger charge is -2.06. The molecule has 4 heteroatoms. The van der Waals surface area contributed by atoms with E-state index in [-0.39, 0.29) is 6.42 Å². The van der Waals surface area contributed by atoms with E-state index in [1.807, 2.05) is 44.2 Å². The second kappa shape index (κ2) is 6.68. The summed E-state index contributed by atoms with van der Waals surface area (Å²) >= 11 is 0. The summed E-state index contributed by atoms with van der Waals surface area (Å²) in [5, 5.41) is 8.73. The zero-order valence-corrected chi connectivity index (χ0v) is 12.9. The highest BCUT2D eigenvalue weighted by atomic mass is 32.2. The van der Waals surface area contributed by atoms with Gasteiger partial charge in [0.15, 0.2) is 0 Å². The number of carboxylic acid groups (broad SMARTS) is 1. The van der Waals surface area contributed by atoms with Crippen LogP contribution in [0.3, 0.4) is 0 Å². The summed E-state index contributed by atoms with van der Waals surface area (Å²) in [6.45, 7) is 4.04. The van der Waals surface area contributed by atoms with Crippen molar-refractivity contribution in [3.63, 3.8) is 0 Å². The van der Waals surface area contributed by atoms with Gasteiger partial charge in [0.25, 0.3) is 0 Å². The van der Waals surface area contributed by atoms with E-state index < -0.39 is 16.8 Å². The van der Waals surface area contributed by atoms with Crippen LogP contribution in [0.4, 0.5) is 0 Å². The van der Waals surface area contributed by atoms with Gasteiger partial charge in [0.05, 0.1) is 23.0 Å². The number of hydrogen-bond acceptors (Lipinski definition) is 2. The van der Waals surface area contributed by atoms with Gasteiger partial charge in [0.1, 0.15) is 0 Å². The molecule has 3 nitrogen and oxygen atoms in total. The minimum Gasteiger partial charge on any atom is -0.481 e. The molecule has 2 aromatic rings. The largest absolute Gasteiger partial charge is 0.481 e. The molecule has 0 radical (unpaired) electrons. The second-order valence-corrected chi connectivity index (χ2v) is 6.57. The highest BCUT2D eigenvalue weighted by Crippen LogP contribution is 2.17. The number of rotatable bonds is 5. The van der Waals surface area contributed by atoms with Crippen LogP contribution in [0, 0.1) is 13.8 Å². The fourth-order valence-electron chi connectivity index (χ4n) is 2.02. The highest BCUT2D eigenvalue weighted by molar-refractivity contribution is 7.84. The first-order chi connectivity index (χ1) is 9.95. The summed E-state index contributed by atoms with van der Waals surface area (Å²) < 4.78 is 12.4. The number of carboxylic acids is 1. The van der Waals surface area contributed by atoms with Gasteiger partial charge < -0.3 is 5.11 Å². The lowest BCUT2D eigenvalue weighted by Crippen LogP contribution is -2.01. The van der Waals surface area contributed by atoms with E-state index in [9.17, 15) is 9.00 Å². The van der Waals surface area contributed by atoms with Gasteiger partial charge >= 0.3 is 5.97 Å². The molecule has 0 saturated heterocycles. The van der Waals surface area contributed by atoms with Crippen LogP contribution in [-0.4, -0.2) is 15.3 Å². The van der Waals surface area contributed by atoms with Crippen LogP contribution < -0.4 is 0 Å². The molecule has 1 atom stereocenters. The van der Waals surface area contributed by atoms with Crippen molar-refractivity contribution in [2.75, 3.05) is 0 Å². The average Bonchev–Trinajstić information content (AvgIpc) is 2.43. The Balaban J connectivity index is 2.08. The van der Waals surface area contributed by atoms with Crippen LogP contribution in [0.5, 0.6) is 0 Å². The lowest BCUT2D eigenvalue weighted by atomic mass is 10.1. The molecule has 0 aliphatic rings. The van der Waals surface area contributed by atoms with Crippen LogP contribution in [0.15, 0.2) is 47.4 Å². The Bertz CT molecular complexity index is 675. The summed E-state index contributed by atoms with van der Waals surface area (Å²) in [5.41, 5.74) is 4.02. The predicted octanol–water partition coefficient (Wildman–Crippen LogP) is 3.24. The summed E-state index contributed by atoms with van der Waals surface area (Å²) in [5.74, 6) is -0.406. The molecule has 0 aliphatic carbocycles. The maximum atomic E-state index is 12.4. The van der Waals surface area contributed by atoms with Crippen molar-refractivity contribution in [3.05, 3.63) is 64.7 Å². The van der Waals surface area contributed by atoms with Crippen molar-refractivity contribution in [2.45, 2.75) is 30.9 Å². The van der Waals surface area contributed by atoms with Crippen LogP contribution in [-0.2, 0) is 27.8 Å². The molecule has 110 valence electrons. The number of aryl methyl sites for hydroxylation is 2. The van der Waals surface area contributed by atoms with Gasteiger partial charge in [0, 0.05) is 4.90 Å². The Labute approximate surface area is 127 Å². The smallest absolute Gasteiger partial charge is 0.307 e. The zero-order valence-electron chi connectivity index (χ0n) is 12.1. The molecular formula is C17H18O3S. The van der Waals surface area contributed by atoms with E-state index in [4.69, 9.17) is 5.11 Å². The molecule has 0 heterocycles. The lowest BCUT2D eigenvalue weighted by molar-refractivity contribution is -0.136.